The smallest absolute Gasteiger partial charge is 0.00495 e. The molecule has 0 bridgehead atoms. The van der Waals surface area contributed by atoms with E-state index in [-0.39, 0.29) is 30.2 Å². The van der Waals surface area contributed by atoms with Crippen LogP contribution in [0.3, 0.4) is 0 Å². The van der Waals surface area contributed by atoms with Crippen LogP contribution in [0.15, 0.2) is 0 Å². The van der Waals surface area contributed by atoms with Gasteiger partial charge in [-0.15, -0.1) is 24.8 Å². The van der Waals surface area contributed by atoms with E-state index in [1.807, 2.05) is 0 Å². The van der Waals surface area contributed by atoms with E-state index in [0.717, 1.165) is 19.4 Å². The third-order valence-electron chi connectivity index (χ3n) is 2.97. The summed E-state index contributed by atoms with van der Waals surface area (Å²) in [5.74, 6) is 0. The molecule has 14 heavy (non-hydrogen) atoms. The van der Waals surface area contributed by atoms with Gasteiger partial charge in [-0.05, 0) is 36.6 Å². The molecular formula is C10H24Cl2N2. The van der Waals surface area contributed by atoms with Gasteiger partial charge in [0.1, 0.15) is 0 Å². The Balaban J connectivity index is 0. The van der Waals surface area contributed by atoms with Gasteiger partial charge in [-0.1, -0.05) is 20.8 Å². The normalized spacial score (nSPS) is 35.4. The predicted octanol–water partition coefficient (Wildman–Crippen LogP) is 2.33. The van der Waals surface area contributed by atoms with Gasteiger partial charge < -0.3 is 11.5 Å². The molecule has 0 saturated heterocycles. The van der Waals surface area contributed by atoms with Gasteiger partial charge in [-0.2, -0.15) is 0 Å². The first-order valence-electron chi connectivity index (χ1n) is 4.83. The molecule has 0 amide bonds. The number of rotatable bonds is 1. The lowest BCUT2D eigenvalue weighted by Crippen LogP contribution is -2.45. The van der Waals surface area contributed by atoms with Gasteiger partial charge in [-0.3, -0.25) is 0 Å². The Labute approximate surface area is 100 Å². The summed E-state index contributed by atoms with van der Waals surface area (Å²) in [5.41, 5.74) is 12.4. The van der Waals surface area contributed by atoms with Crippen molar-refractivity contribution < 1.29 is 0 Å². The molecule has 0 aliphatic heterocycles. The van der Waals surface area contributed by atoms with Crippen molar-refractivity contribution in [2.24, 2.45) is 22.3 Å². The summed E-state index contributed by atoms with van der Waals surface area (Å²) in [4.78, 5) is 0. The highest BCUT2D eigenvalue weighted by Crippen LogP contribution is 2.44. The van der Waals surface area contributed by atoms with Crippen LogP contribution in [-0.2, 0) is 0 Å². The lowest BCUT2D eigenvalue weighted by Gasteiger charge is -2.45. The number of hydrogen-bond acceptors (Lipinski definition) is 2. The minimum Gasteiger partial charge on any atom is -0.330 e. The SMILES string of the molecule is CC1(C)CC([15NH2])CC(C)([13CH2][15NH2])C1.Cl.Cl. The first-order valence-corrected chi connectivity index (χ1v) is 4.83. The van der Waals surface area contributed by atoms with Crippen molar-refractivity contribution in [3.63, 3.8) is 0 Å². The van der Waals surface area contributed by atoms with Crippen LogP contribution < -0.4 is 11.5 Å². The highest BCUT2D eigenvalue weighted by molar-refractivity contribution is 5.85. The standard InChI is InChI=1S/C10H22N2.2ClH/c1-9(2)4-8(12)5-10(3,6-9)7-11;;/h8H,4-7,11-12H2,1-3H3;2*1H/i7+1,11+1,12+1;;. The topological polar surface area (TPSA) is 52.0 Å². The third-order valence-corrected chi connectivity index (χ3v) is 2.97. The van der Waals surface area contributed by atoms with Crippen LogP contribution in [0, 0.1) is 10.8 Å². The van der Waals surface area contributed by atoms with Crippen molar-refractivity contribution in [1.29, 1.82) is 0 Å². The fraction of sp³-hybridized carbons (Fsp3) is 1.00. The summed E-state index contributed by atoms with van der Waals surface area (Å²) in [5, 5.41) is 0. The Kier molecular flexibility index (Phi) is 6.70. The highest BCUT2D eigenvalue weighted by Gasteiger charge is 2.38. The van der Waals surface area contributed by atoms with Gasteiger partial charge in [0.05, 0.1) is 0 Å². The Bertz CT molecular complexity index is 174. The third kappa shape index (κ3) is 4.35. The summed E-state index contributed by atoms with van der Waals surface area (Å²) in [7, 11) is 0. The van der Waals surface area contributed by atoms with Crippen molar-refractivity contribution in [2.75, 3.05) is 6.54 Å². The quantitative estimate of drug-likeness (QED) is 0.551. The van der Waals surface area contributed by atoms with Crippen molar-refractivity contribution in [1.82, 2.24) is 0 Å². The van der Waals surface area contributed by atoms with E-state index in [1.54, 1.807) is 0 Å². The van der Waals surface area contributed by atoms with Gasteiger partial charge in [0.15, 0.2) is 0 Å². The van der Waals surface area contributed by atoms with Gasteiger partial charge in [0.2, 0.25) is 0 Å². The van der Waals surface area contributed by atoms with E-state index in [4.69, 9.17) is 11.5 Å². The average Bonchev–Trinajstić information content (AvgIpc) is 1.82. The Morgan fingerprint density at radius 1 is 1.14 bits per heavy atom. The van der Waals surface area contributed by atoms with Crippen molar-refractivity contribution >= 4 is 24.8 Å². The maximum absolute atomic E-state index is 6.01. The summed E-state index contributed by atoms with van der Waals surface area (Å²) in [6.45, 7) is 7.61. The minimum absolute atomic E-state index is 0. The van der Waals surface area contributed by atoms with E-state index in [0.29, 0.717) is 11.5 Å². The molecule has 1 rings (SSSR count). The second-order valence-electron chi connectivity index (χ2n) is 5.52. The maximum Gasteiger partial charge on any atom is 0.00495 e. The Morgan fingerprint density at radius 3 is 2.00 bits per heavy atom. The summed E-state index contributed by atoms with van der Waals surface area (Å²) < 4.78 is 0. The molecule has 0 radical (unpaired) electrons. The van der Waals surface area contributed by atoms with Crippen LogP contribution in [0.5, 0.6) is 0 Å². The van der Waals surface area contributed by atoms with E-state index in [9.17, 15) is 0 Å². The molecule has 1 fully saturated rings. The zero-order chi connectivity index (χ0) is 9.41. The zero-order valence-corrected chi connectivity index (χ0v) is 11.0. The zero-order valence-electron chi connectivity index (χ0n) is 9.38. The molecule has 2 nitrogen and oxygen atoms in total. The molecule has 4 N–H and O–H groups in total. The van der Waals surface area contributed by atoms with Crippen molar-refractivity contribution in [2.45, 2.75) is 46.1 Å². The van der Waals surface area contributed by atoms with Gasteiger partial charge in [0, 0.05) is 6.04 Å². The first-order chi connectivity index (χ1) is 5.37. The van der Waals surface area contributed by atoms with Crippen molar-refractivity contribution in [3.05, 3.63) is 0 Å². The second kappa shape index (κ2) is 5.55. The monoisotopic (exact) mass is 245 g/mol. The average molecular weight is 246 g/mol. The lowest BCUT2D eigenvalue weighted by atomic mass is 9.66. The summed E-state index contributed by atoms with van der Waals surface area (Å²) in [6.07, 6.45) is 3.44. The highest BCUT2D eigenvalue weighted by atomic mass is 35.5. The minimum atomic E-state index is 0. The molecule has 2 atom stereocenters. The van der Waals surface area contributed by atoms with Crippen LogP contribution >= 0.6 is 24.8 Å². The van der Waals surface area contributed by atoms with E-state index < -0.39 is 0 Å². The van der Waals surface area contributed by atoms with Crippen LogP contribution in [0.1, 0.15) is 40.0 Å². The van der Waals surface area contributed by atoms with Crippen LogP contribution in [0.2, 0.25) is 0 Å². The molecule has 0 aromatic rings. The number of nitrogens with two attached hydrogens (primary N) is 2. The van der Waals surface area contributed by atoms with E-state index in [2.05, 4.69) is 20.8 Å². The second-order valence-corrected chi connectivity index (χ2v) is 5.52. The largest absolute Gasteiger partial charge is 0.330 e. The van der Waals surface area contributed by atoms with Gasteiger partial charge in [0.25, 0.3) is 0 Å². The first kappa shape index (κ1) is 16.9. The molecule has 0 aromatic carbocycles. The fourth-order valence-electron chi connectivity index (χ4n) is 2.87. The molecule has 0 spiro atoms. The van der Waals surface area contributed by atoms with Gasteiger partial charge >= 0.3 is 0 Å². The van der Waals surface area contributed by atoms with Crippen LogP contribution in [-0.4, -0.2) is 12.6 Å². The molecule has 4 heteroatoms. The van der Waals surface area contributed by atoms with Crippen molar-refractivity contribution in [3.8, 4) is 0 Å². The maximum atomic E-state index is 6.01. The van der Waals surface area contributed by atoms with E-state index >= 15 is 0 Å². The number of hydrogen-bond donors (Lipinski definition) is 2. The Hall–Kier alpha value is 0.500. The molecule has 1 aliphatic rings. The van der Waals surface area contributed by atoms with Gasteiger partial charge in [-0.25, -0.2) is 0 Å². The molecular weight excluding hydrogens is 222 g/mol. The van der Waals surface area contributed by atoms with E-state index in [1.165, 1.54) is 6.42 Å². The molecule has 0 heterocycles. The fourth-order valence-corrected chi connectivity index (χ4v) is 2.87. The lowest BCUT2D eigenvalue weighted by molar-refractivity contribution is 0.0904. The predicted molar refractivity (Wildman–Crippen MR) is 67.3 cm³/mol. The summed E-state index contributed by atoms with van der Waals surface area (Å²) in [6, 6.07) is 0.349. The molecule has 1 saturated carbocycles. The molecule has 88 valence electrons. The van der Waals surface area contributed by atoms with Crippen LogP contribution in [0.4, 0.5) is 0 Å². The van der Waals surface area contributed by atoms with Crippen LogP contribution in [0.25, 0.3) is 0 Å². The number of halogens is 2. The molecule has 1 aliphatic carbocycles. The molecule has 2 unspecified atom stereocenters. The molecule has 0 aromatic heterocycles. The Morgan fingerprint density at radius 2 is 1.64 bits per heavy atom. The summed E-state index contributed by atoms with van der Waals surface area (Å²) >= 11 is 0.